The molecule has 0 radical (unpaired) electrons. The quantitative estimate of drug-likeness (QED) is 0.575. The summed E-state index contributed by atoms with van der Waals surface area (Å²) in [6.07, 6.45) is 1.73. The van der Waals surface area contributed by atoms with Gasteiger partial charge in [-0.25, -0.2) is 4.79 Å². The molecule has 0 amide bonds. The molecule has 10 heavy (non-hydrogen) atoms. The van der Waals surface area contributed by atoms with Crippen LogP contribution in [-0.2, 0) is 4.79 Å². The van der Waals surface area contributed by atoms with Gasteiger partial charge in [-0.1, -0.05) is 34.8 Å². The van der Waals surface area contributed by atoms with Gasteiger partial charge in [-0.2, -0.15) is 0 Å². The topological polar surface area (TPSA) is 37.3 Å². The van der Waals surface area contributed by atoms with Gasteiger partial charge in [-0.3, -0.25) is 0 Å². The molecule has 0 aliphatic heterocycles. The zero-order chi connectivity index (χ0) is 7.49. The van der Waals surface area contributed by atoms with E-state index < -0.39 is 9.76 Å². The standard InChI is InChI=1S/C4H3Cl3O2.In.3H/c5-4(6,7)2-1-3(8)9;;;;/h1-2H,(H,8,9);;;;/b2-1+;;;;. The van der Waals surface area contributed by atoms with Gasteiger partial charge in [0.15, 0.2) is 0 Å². The van der Waals surface area contributed by atoms with E-state index in [1.54, 1.807) is 0 Å². The number of hydrogen-bond donors (Lipinski definition) is 1. The SMILES string of the molecule is O=C(O)/C=C/C(Cl)(Cl)Cl.[InH3]. The second-order valence-electron chi connectivity index (χ2n) is 1.21. The van der Waals surface area contributed by atoms with Crippen LogP contribution in [0.1, 0.15) is 0 Å². The Hall–Kier alpha value is 0.950. The van der Waals surface area contributed by atoms with Crippen LogP contribution in [0.5, 0.6) is 0 Å². The van der Waals surface area contributed by atoms with Crippen molar-refractivity contribution in [2.24, 2.45) is 0 Å². The number of carboxylic acids is 1. The van der Waals surface area contributed by atoms with Crippen molar-refractivity contribution < 1.29 is 9.90 Å². The molecule has 0 bridgehead atoms. The van der Waals surface area contributed by atoms with Gasteiger partial charge in [0.05, 0.1) is 0 Å². The molecule has 0 aliphatic rings. The van der Waals surface area contributed by atoms with Crippen molar-refractivity contribution in [3.05, 3.63) is 12.2 Å². The Bertz CT molecular complexity index is 140. The van der Waals surface area contributed by atoms with E-state index in [-0.39, 0.29) is 25.8 Å². The van der Waals surface area contributed by atoms with Crippen molar-refractivity contribution in [2.45, 2.75) is 3.79 Å². The first-order valence-electron chi connectivity index (χ1n) is 1.91. The van der Waals surface area contributed by atoms with Crippen molar-refractivity contribution in [1.82, 2.24) is 0 Å². The molecule has 58 valence electrons. The maximum absolute atomic E-state index is 9.78. The van der Waals surface area contributed by atoms with Gasteiger partial charge in [-0.05, 0) is 6.08 Å². The molecule has 0 unspecified atom stereocenters. The normalized spacial score (nSPS) is 11.1. The molecular weight excluding hydrogens is 301 g/mol. The average molecular weight is 307 g/mol. The Morgan fingerprint density at radius 2 is 1.80 bits per heavy atom. The summed E-state index contributed by atoms with van der Waals surface area (Å²) in [6.45, 7) is 0. The zero-order valence-electron chi connectivity index (χ0n) is 4.14. The summed E-state index contributed by atoms with van der Waals surface area (Å²) in [5.41, 5.74) is 0. The number of allylic oxidation sites excluding steroid dienone is 1. The van der Waals surface area contributed by atoms with Gasteiger partial charge >= 0.3 is 31.8 Å². The third-order valence-electron chi connectivity index (χ3n) is 0.415. The van der Waals surface area contributed by atoms with Crippen molar-refractivity contribution in [3.8, 4) is 0 Å². The van der Waals surface area contributed by atoms with Crippen LogP contribution in [0.15, 0.2) is 12.2 Å². The number of carboxylic acid groups (broad SMARTS) is 1. The van der Waals surface area contributed by atoms with Gasteiger partial charge in [0, 0.05) is 6.08 Å². The van der Waals surface area contributed by atoms with Crippen LogP contribution in [0.25, 0.3) is 0 Å². The first-order chi connectivity index (χ1) is 3.92. The summed E-state index contributed by atoms with van der Waals surface area (Å²) in [7, 11) is 0. The fourth-order valence-electron chi connectivity index (χ4n) is 0.166. The molecule has 0 atom stereocenters. The van der Waals surface area contributed by atoms with E-state index in [0.29, 0.717) is 0 Å². The molecular formula is C4H6Cl3InO2. The van der Waals surface area contributed by atoms with E-state index in [0.717, 1.165) is 12.2 Å². The van der Waals surface area contributed by atoms with E-state index in [2.05, 4.69) is 0 Å². The number of alkyl halides is 3. The Kier molecular flexibility index (Phi) is 7.55. The molecule has 0 fully saturated rings. The number of aliphatic carboxylic acids is 1. The summed E-state index contributed by atoms with van der Waals surface area (Å²) in [5, 5.41) is 8.01. The van der Waals surface area contributed by atoms with Crippen molar-refractivity contribution in [1.29, 1.82) is 0 Å². The maximum atomic E-state index is 9.78. The molecule has 0 spiro atoms. The van der Waals surface area contributed by atoms with Crippen LogP contribution in [0.3, 0.4) is 0 Å². The van der Waals surface area contributed by atoms with E-state index in [1.165, 1.54) is 0 Å². The summed E-state index contributed by atoms with van der Waals surface area (Å²) >= 11 is 15.5. The number of hydrogen-bond acceptors (Lipinski definition) is 1. The molecule has 0 aromatic carbocycles. The Morgan fingerprint density at radius 3 is 1.90 bits per heavy atom. The van der Waals surface area contributed by atoms with Crippen molar-refractivity contribution >= 4 is 66.6 Å². The van der Waals surface area contributed by atoms with Crippen LogP contribution < -0.4 is 0 Å². The second kappa shape index (κ2) is 5.58. The molecule has 0 heterocycles. The molecule has 2 nitrogen and oxygen atoms in total. The van der Waals surface area contributed by atoms with Crippen molar-refractivity contribution in [3.63, 3.8) is 0 Å². The van der Waals surface area contributed by atoms with Crippen LogP contribution in [0.4, 0.5) is 0 Å². The third kappa shape index (κ3) is 11.7. The first kappa shape index (κ1) is 13.5. The molecule has 0 rings (SSSR count). The summed E-state index contributed by atoms with van der Waals surface area (Å²) in [6, 6.07) is 0. The second-order valence-corrected chi connectivity index (χ2v) is 3.58. The fourth-order valence-corrected chi connectivity index (χ4v) is 0.355. The molecule has 0 saturated heterocycles. The van der Waals surface area contributed by atoms with Crippen LogP contribution in [-0.4, -0.2) is 40.7 Å². The van der Waals surface area contributed by atoms with E-state index in [9.17, 15) is 4.79 Å². The van der Waals surface area contributed by atoms with Gasteiger partial charge < -0.3 is 5.11 Å². The predicted molar refractivity (Wildman–Crippen MR) is 47.0 cm³/mol. The summed E-state index contributed by atoms with van der Waals surface area (Å²) in [4.78, 5) is 9.78. The molecule has 6 heteroatoms. The van der Waals surface area contributed by atoms with Crippen molar-refractivity contribution in [2.75, 3.05) is 0 Å². The summed E-state index contributed by atoms with van der Waals surface area (Å²) in [5.74, 6) is -1.14. The fraction of sp³-hybridized carbons (Fsp3) is 0.250. The molecule has 1 N–H and O–H groups in total. The third-order valence-corrected chi connectivity index (χ3v) is 0.793. The van der Waals surface area contributed by atoms with E-state index >= 15 is 0 Å². The minimum atomic E-state index is -1.61. The van der Waals surface area contributed by atoms with Crippen LogP contribution in [0, 0.1) is 0 Å². The number of halogens is 3. The zero-order valence-corrected chi connectivity index (χ0v) is 6.41. The van der Waals surface area contributed by atoms with Gasteiger partial charge in [0.1, 0.15) is 0 Å². The van der Waals surface area contributed by atoms with Gasteiger partial charge in [0.2, 0.25) is 3.79 Å². The Labute approximate surface area is 91.9 Å². The average Bonchev–Trinajstić information content (AvgIpc) is 1.59. The number of rotatable bonds is 1. The van der Waals surface area contributed by atoms with Gasteiger partial charge in [0.25, 0.3) is 0 Å². The molecule has 0 aromatic heterocycles. The van der Waals surface area contributed by atoms with E-state index in [4.69, 9.17) is 39.9 Å². The minimum absolute atomic E-state index is 0. The van der Waals surface area contributed by atoms with E-state index in [1.807, 2.05) is 0 Å². The first-order valence-corrected chi connectivity index (χ1v) is 3.04. The Morgan fingerprint density at radius 1 is 1.40 bits per heavy atom. The molecule has 0 aromatic rings. The van der Waals surface area contributed by atoms with Gasteiger partial charge in [-0.15, -0.1) is 0 Å². The van der Waals surface area contributed by atoms with Crippen LogP contribution >= 0.6 is 34.8 Å². The number of carbonyl (C=O) groups is 1. The monoisotopic (exact) mass is 306 g/mol. The molecule has 0 aliphatic carbocycles. The van der Waals surface area contributed by atoms with Crippen LogP contribution in [0.2, 0.25) is 0 Å². The summed E-state index contributed by atoms with van der Waals surface area (Å²) < 4.78 is -1.61. The molecule has 0 saturated carbocycles. The predicted octanol–water partition coefficient (Wildman–Crippen LogP) is 0.813. The Balaban J connectivity index is 0.